The number of carbonyl (C=O) groups excluding carboxylic acids is 2. The Morgan fingerprint density at radius 2 is 1.10 bits per heavy atom. The van der Waals surface area contributed by atoms with Gasteiger partial charge in [0, 0.05) is 28.1 Å². The van der Waals surface area contributed by atoms with Gasteiger partial charge in [-0.1, -0.05) is 178 Å². The third-order valence-corrected chi connectivity index (χ3v) is 17.7. The first-order chi connectivity index (χ1) is 18.5. The molecule has 0 N–H and O–H groups in total. The van der Waals surface area contributed by atoms with Crippen molar-refractivity contribution in [3.05, 3.63) is 47.6 Å². The molecule has 0 radical (unpaired) electrons. The normalized spacial score (nSPS) is 24.5. The second kappa shape index (κ2) is 15.6. The number of hydrogen-bond acceptors (Lipinski definition) is 6. The van der Waals surface area contributed by atoms with Gasteiger partial charge in [-0.05, 0) is 26.7 Å². The smallest absolute Gasteiger partial charge is 0.333 e. The maximum Gasteiger partial charge on any atom is 0.333 e. The molecule has 0 saturated carbocycles. The summed E-state index contributed by atoms with van der Waals surface area (Å²) in [6, 6.07) is 0. The van der Waals surface area contributed by atoms with Crippen molar-refractivity contribution in [3.8, 4) is 0 Å². The van der Waals surface area contributed by atoms with E-state index in [0.717, 1.165) is 12.8 Å². The Morgan fingerprint density at radius 1 is 0.780 bits per heavy atom. The fourth-order valence-electron chi connectivity index (χ4n) is 4.30. The van der Waals surface area contributed by atoms with E-state index in [1.54, 1.807) is 37.4 Å². The van der Waals surface area contributed by atoms with Gasteiger partial charge in [0.15, 0.2) is 0 Å². The molecule has 14 heteroatoms. The minimum absolute atomic E-state index is 0.0380. The van der Waals surface area contributed by atoms with E-state index in [9.17, 15) is 9.59 Å². The van der Waals surface area contributed by atoms with Crippen LogP contribution in [0.5, 0.6) is 0 Å². The molecule has 0 heterocycles. The molecule has 2 atom stereocenters. The number of ether oxygens (including phenoxy) is 2. The maximum absolute atomic E-state index is 11.8. The van der Waals surface area contributed by atoms with Gasteiger partial charge in [-0.25, -0.2) is 9.59 Å². The molecule has 0 aromatic heterocycles. The summed E-state index contributed by atoms with van der Waals surface area (Å²) in [5.41, 5.74) is 3.00. The Labute approximate surface area is 319 Å². The summed E-state index contributed by atoms with van der Waals surface area (Å²) in [5, 5.41) is 0.0760. The number of rotatable bonds is 12. The van der Waals surface area contributed by atoms with Crippen molar-refractivity contribution in [3.63, 3.8) is 0 Å². The number of thioether (sulfide) groups is 2. The predicted molar refractivity (Wildman–Crippen MR) is 206 cm³/mol. The van der Waals surface area contributed by atoms with Gasteiger partial charge >= 0.3 is 11.9 Å². The van der Waals surface area contributed by atoms with E-state index in [-0.39, 0.29) is 27.9 Å². The van der Waals surface area contributed by atoms with Crippen molar-refractivity contribution >= 4 is 163 Å². The molecule has 2 rings (SSSR count). The highest BCUT2D eigenvalue weighted by atomic mass is 79.9. The first-order valence-corrected chi connectivity index (χ1v) is 20.8. The fraction of sp³-hybridized carbons (Fsp3) is 0.630. The highest BCUT2D eigenvalue weighted by molar-refractivity contribution is 9.27. The maximum atomic E-state index is 11.8. The van der Waals surface area contributed by atoms with E-state index in [1.165, 1.54) is 11.1 Å². The first kappa shape index (κ1) is 39.6. The highest BCUT2D eigenvalue weighted by Gasteiger charge is 2.55. The standard InChI is InChI=1S/C27H32Br8O4S2/c1-15(2)19(36)38-7-9-40-21-24(28,29)11-17(12-25(21,30)31)23(5,6)18-13-26(32,33)22(27(34,35)14-18)41-10-8-39-20(37)16(3)4/h11,13,21-22H,1,3,7-10,12,14H2,2,4-6H3. The minimum atomic E-state index is -0.518. The van der Waals surface area contributed by atoms with Gasteiger partial charge in [0.1, 0.15) is 19.7 Å². The topological polar surface area (TPSA) is 52.6 Å². The van der Waals surface area contributed by atoms with E-state index in [1.807, 2.05) is 0 Å². The Balaban J connectivity index is 2.23. The average Bonchev–Trinajstić information content (AvgIpc) is 2.79. The Morgan fingerprint density at radius 3 is 1.37 bits per heavy atom. The van der Waals surface area contributed by atoms with Crippen LogP contribution in [0.4, 0.5) is 0 Å². The molecule has 4 nitrogen and oxygen atoms in total. The van der Waals surface area contributed by atoms with Crippen LogP contribution in [0.2, 0.25) is 0 Å². The number of esters is 2. The first-order valence-electron chi connectivity index (χ1n) is 12.4. The molecule has 2 unspecified atom stereocenters. The van der Waals surface area contributed by atoms with Crippen LogP contribution in [0.15, 0.2) is 47.6 Å². The van der Waals surface area contributed by atoms with E-state index in [0.29, 0.717) is 35.9 Å². The summed E-state index contributed by atoms with van der Waals surface area (Å²) in [7, 11) is 0. The number of alkyl halides is 8. The van der Waals surface area contributed by atoms with Crippen molar-refractivity contribution in [2.24, 2.45) is 5.41 Å². The van der Waals surface area contributed by atoms with E-state index < -0.39 is 12.9 Å². The van der Waals surface area contributed by atoms with E-state index >= 15 is 0 Å². The average molecular weight is 1120 g/mol. The highest BCUT2D eigenvalue weighted by Crippen LogP contribution is 2.63. The summed E-state index contributed by atoms with van der Waals surface area (Å²) < 4.78 is 8.71. The second-order valence-corrected chi connectivity index (χ2v) is 28.1. The lowest BCUT2D eigenvalue weighted by Crippen LogP contribution is -2.48. The third-order valence-electron chi connectivity index (χ3n) is 6.56. The van der Waals surface area contributed by atoms with Crippen LogP contribution in [-0.4, -0.2) is 60.1 Å². The minimum Gasteiger partial charge on any atom is -0.461 e. The predicted octanol–water partition coefficient (Wildman–Crippen LogP) is 11.1. The van der Waals surface area contributed by atoms with Crippen molar-refractivity contribution in [2.75, 3.05) is 24.7 Å². The Kier molecular flexibility index (Phi) is 15.0. The van der Waals surface area contributed by atoms with Gasteiger partial charge in [0.05, 0.1) is 17.0 Å². The molecule has 2 aliphatic carbocycles. The summed E-state index contributed by atoms with van der Waals surface area (Å²) in [6.45, 7) is 15.7. The van der Waals surface area contributed by atoms with Crippen molar-refractivity contribution < 1.29 is 19.1 Å². The zero-order valence-corrected chi connectivity index (χ0v) is 37.3. The van der Waals surface area contributed by atoms with Crippen molar-refractivity contribution in [2.45, 2.75) is 64.0 Å². The molecule has 2 aliphatic rings. The number of hydrogen-bond donors (Lipinski definition) is 0. The summed E-state index contributed by atoms with van der Waals surface area (Å²) in [4.78, 5) is 23.5. The van der Waals surface area contributed by atoms with Gasteiger partial charge in [-0.2, -0.15) is 0 Å². The lowest BCUT2D eigenvalue weighted by molar-refractivity contribution is -0.139. The zero-order valence-electron chi connectivity index (χ0n) is 22.9. The molecule has 0 aliphatic heterocycles. The van der Waals surface area contributed by atoms with Crippen molar-refractivity contribution in [1.82, 2.24) is 0 Å². The van der Waals surface area contributed by atoms with Gasteiger partial charge in [0.25, 0.3) is 0 Å². The molecule has 0 fully saturated rings. The molecular formula is C27H32Br8O4S2. The van der Waals surface area contributed by atoms with E-state index in [4.69, 9.17) is 9.47 Å². The number of carbonyl (C=O) groups is 2. The number of halogens is 8. The fourth-order valence-corrected chi connectivity index (χ4v) is 17.3. The Hall–Kier alpha value is 2.44. The molecule has 0 aromatic rings. The van der Waals surface area contributed by atoms with Gasteiger partial charge in [-0.15, -0.1) is 23.5 Å². The van der Waals surface area contributed by atoms with Crippen LogP contribution in [0.3, 0.4) is 0 Å². The lowest BCUT2D eigenvalue weighted by Gasteiger charge is -2.49. The summed E-state index contributed by atoms with van der Waals surface area (Å²) in [5.74, 6) is 0.526. The SMILES string of the molecule is C=C(C)C(=O)OCCSC1C(Br)(Br)C=C(C(C)(C)C2=CC(Br)(Br)C(SCCOC(=O)C(=C)C)C(Br)(Br)C2)CC1(Br)Br. The van der Waals surface area contributed by atoms with Crippen molar-refractivity contribution in [1.29, 1.82) is 0 Å². The van der Waals surface area contributed by atoms with Crippen LogP contribution in [0.25, 0.3) is 0 Å². The molecule has 0 amide bonds. The summed E-state index contributed by atoms with van der Waals surface area (Å²) >= 11 is 35.1. The quantitative estimate of drug-likeness (QED) is 0.0638. The van der Waals surface area contributed by atoms with Crippen LogP contribution >= 0.6 is 151 Å². The van der Waals surface area contributed by atoms with Gasteiger partial charge in [-0.3, -0.25) is 0 Å². The lowest BCUT2D eigenvalue weighted by atomic mass is 9.70. The molecule has 232 valence electrons. The van der Waals surface area contributed by atoms with Crippen LogP contribution in [0, 0.1) is 5.41 Å². The van der Waals surface area contributed by atoms with Crippen LogP contribution in [0.1, 0.15) is 40.5 Å². The van der Waals surface area contributed by atoms with Crippen LogP contribution < -0.4 is 0 Å². The van der Waals surface area contributed by atoms with Crippen LogP contribution in [-0.2, 0) is 19.1 Å². The third kappa shape index (κ3) is 10.7. The largest absolute Gasteiger partial charge is 0.461 e. The summed E-state index contributed by atoms with van der Waals surface area (Å²) in [6.07, 6.45) is 6.02. The second-order valence-electron chi connectivity index (χ2n) is 10.5. The molecule has 0 bridgehead atoms. The molecular weight excluding hydrogens is 1090 g/mol. The van der Waals surface area contributed by atoms with Gasteiger partial charge in [0.2, 0.25) is 0 Å². The molecule has 0 spiro atoms. The molecule has 41 heavy (non-hydrogen) atoms. The zero-order chi connectivity index (χ0) is 31.6. The van der Waals surface area contributed by atoms with Gasteiger partial charge < -0.3 is 9.47 Å². The molecule has 0 aromatic carbocycles. The Bertz CT molecular complexity index is 1030. The monoisotopic (exact) mass is 1120 g/mol. The molecule has 0 saturated heterocycles. The van der Waals surface area contributed by atoms with E-state index in [2.05, 4.69) is 167 Å². The number of allylic oxidation sites excluding steroid dienone is 4.